The Morgan fingerprint density at radius 3 is 3.00 bits per heavy atom. The number of ether oxygens (including phenoxy) is 1. The maximum absolute atomic E-state index is 12.1. The zero-order valence-electron chi connectivity index (χ0n) is 13.9. The molecule has 6 nitrogen and oxygen atoms in total. The lowest BCUT2D eigenvalue weighted by atomic mass is 10.3. The summed E-state index contributed by atoms with van der Waals surface area (Å²) >= 11 is 5.85. The van der Waals surface area contributed by atoms with Crippen LogP contribution >= 0.6 is 46.2 Å². The van der Waals surface area contributed by atoms with Crippen molar-refractivity contribution in [2.75, 3.05) is 23.4 Å². The molecule has 0 saturated carbocycles. The molecular weight excluding hydrogens is 408 g/mol. The van der Waals surface area contributed by atoms with Gasteiger partial charge in [0.2, 0.25) is 11.0 Å². The molecule has 0 saturated heterocycles. The van der Waals surface area contributed by atoms with E-state index in [9.17, 15) is 4.79 Å². The van der Waals surface area contributed by atoms with E-state index >= 15 is 0 Å². The number of rotatable bonds is 9. The van der Waals surface area contributed by atoms with Crippen LogP contribution < -0.4 is 10.1 Å². The lowest BCUT2D eigenvalue weighted by Crippen LogP contribution is -2.13. The van der Waals surface area contributed by atoms with Crippen molar-refractivity contribution in [3.63, 3.8) is 0 Å². The van der Waals surface area contributed by atoms with Crippen LogP contribution in [-0.2, 0) is 4.79 Å². The van der Waals surface area contributed by atoms with Gasteiger partial charge in [-0.15, -0.1) is 28.1 Å². The molecule has 1 N–H and O–H groups in total. The molecule has 2 heterocycles. The van der Waals surface area contributed by atoms with Crippen molar-refractivity contribution < 1.29 is 9.53 Å². The van der Waals surface area contributed by atoms with Crippen LogP contribution in [-0.4, -0.2) is 39.2 Å². The molecule has 0 aliphatic carbocycles. The van der Waals surface area contributed by atoms with Crippen molar-refractivity contribution >= 4 is 67.5 Å². The van der Waals surface area contributed by atoms with Crippen molar-refractivity contribution in [2.45, 2.75) is 15.6 Å². The molecule has 0 unspecified atom stereocenters. The molecule has 0 spiro atoms. The van der Waals surface area contributed by atoms with E-state index in [1.807, 2.05) is 25.1 Å². The van der Waals surface area contributed by atoms with Crippen molar-refractivity contribution in [3.8, 4) is 5.75 Å². The molecule has 0 aliphatic heterocycles. The second-order valence-corrected chi connectivity index (χ2v) is 9.35. The number of hydrogen-bond acceptors (Lipinski definition) is 9. The molecule has 0 fully saturated rings. The summed E-state index contributed by atoms with van der Waals surface area (Å²) in [5.74, 6) is 1.74. The molecule has 3 rings (SSSR count). The van der Waals surface area contributed by atoms with Gasteiger partial charge in [0, 0.05) is 5.75 Å². The van der Waals surface area contributed by atoms with E-state index < -0.39 is 0 Å². The van der Waals surface area contributed by atoms with E-state index in [1.54, 1.807) is 17.4 Å². The summed E-state index contributed by atoms with van der Waals surface area (Å²) in [4.78, 5) is 16.6. The van der Waals surface area contributed by atoms with Crippen LogP contribution in [0.3, 0.4) is 0 Å². The van der Waals surface area contributed by atoms with Gasteiger partial charge >= 0.3 is 0 Å². The highest BCUT2D eigenvalue weighted by molar-refractivity contribution is 8.01. The van der Waals surface area contributed by atoms with Crippen LogP contribution in [0.1, 0.15) is 6.92 Å². The Balaban J connectivity index is 1.54. The van der Waals surface area contributed by atoms with Crippen molar-refractivity contribution in [1.29, 1.82) is 0 Å². The zero-order valence-corrected chi connectivity index (χ0v) is 17.2. The molecule has 0 atom stereocenters. The Morgan fingerprint density at radius 1 is 1.31 bits per heavy atom. The molecule has 0 aliphatic rings. The molecule has 2 aromatic heterocycles. The number of nitrogens with zero attached hydrogens (tertiary/aromatic N) is 3. The highest BCUT2D eigenvalue weighted by Gasteiger charge is 2.11. The van der Waals surface area contributed by atoms with E-state index in [1.165, 1.54) is 34.9 Å². The molecule has 1 amide bonds. The first-order valence-electron chi connectivity index (χ1n) is 7.71. The Labute approximate surface area is 167 Å². The number of benzene rings is 1. The number of amides is 1. The second-order valence-electron chi connectivity index (χ2n) is 4.85. The summed E-state index contributed by atoms with van der Waals surface area (Å²) in [7, 11) is 0. The Hall–Kier alpha value is -1.62. The fraction of sp³-hybridized carbons (Fsp3) is 0.250. The Kier molecular flexibility index (Phi) is 6.89. The Bertz CT molecular complexity index is 909. The second kappa shape index (κ2) is 9.36. The quantitative estimate of drug-likeness (QED) is 0.307. The number of anilines is 1. The molecule has 0 radical (unpaired) electrons. The lowest BCUT2D eigenvalue weighted by molar-refractivity contribution is -0.113. The first-order chi connectivity index (χ1) is 12.7. The van der Waals surface area contributed by atoms with Crippen LogP contribution in [0.4, 0.5) is 5.13 Å². The number of thioether (sulfide) groups is 2. The lowest BCUT2D eigenvalue weighted by Gasteiger charge is -2.00. The van der Waals surface area contributed by atoms with Gasteiger partial charge < -0.3 is 4.74 Å². The monoisotopic (exact) mass is 424 g/mol. The third-order valence-corrected chi connectivity index (χ3v) is 7.08. The van der Waals surface area contributed by atoms with Gasteiger partial charge in [0.1, 0.15) is 5.75 Å². The number of fused-ring (bicyclic) bond motifs is 1. The van der Waals surface area contributed by atoms with E-state index in [0.29, 0.717) is 11.7 Å². The van der Waals surface area contributed by atoms with Gasteiger partial charge in [-0.1, -0.05) is 40.9 Å². The van der Waals surface area contributed by atoms with Crippen molar-refractivity contribution in [3.05, 3.63) is 30.9 Å². The minimum Gasteiger partial charge on any atom is -0.494 e. The topological polar surface area (TPSA) is 77.0 Å². The first kappa shape index (κ1) is 19.2. The zero-order chi connectivity index (χ0) is 18.4. The molecular formula is C16H16N4O2S4. The van der Waals surface area contributed by atoms with E-state index in [0.717, 1.165) is 30.4 Å². The predicted molar refractivity (Wildman–Crippen MR) is 111 cm³/mol. The molecule has 10 heteroatoms. The molecule has 0 bridgehead atoms. The number of hydrogen-bond donors (Lipinski definition) is 1. The minimum atomic E-state index is -0.124. The number of thiazole rings is 1. The van der Waals surface area contributed by atoms with Gasteiger partial charge in [-0.25, -0.2) is 4.98 Å². The number of nitrogens with one attached hydrogen (secondary N) is 1. The van der Waals surface area contributed by atoms with E-state index in [2.05, 4.69) is 27.1 Å². The van der Waals surface area contributed by atoms with Crippen molar-refractivity contribution in [1.82, 2.24) is 15.2 Å². The summed E-state index contributed by atoms with van der Waals surface area (Å²) < 4.78 is 8.21. The van der Waals surface area contributed by atoms with Gasteiger partial charge in [0.05, 0.1) is 22.6 Å². The fourth-order valence-electron chi connectivity index (χ4n) is 1.93. The molecule has 26 heavy (non-hydrogen) atoms. The summed E-state index contributed by atoms with van der Waals surface area (Å²) in [6.45, 7) is 6.25. The van der Waals surface area contributed by atoms with Crippen LogP contribution in [0.25, 0.3) is 10.2 Å². The number of carbonyl (C=O) groups excluding carboxylic acids is 1. The van der Waals surface area contributed by atoms with E-state index in [4.69, 9.17) is 4.74 Å². The smallest absolute Gasteiger partial charge is 0.236 e. The van der Waals surface area contributed by atoms with Crippen LogP contribution in [0.15, 0.2) is 39.5 Å². The fourth-order valence-corrected chi connectivity index (χ4v) is 5.36. The van der Waals surface area contributed by atoms with Crippen molar-refractivity contribution in [2.24, 2.45) is 0 Å². The van der Waals surface area contributed by atoms with Gasteiger partial charge in [-0.3, -0.25) is 10.1 Å². The van der Waals surface area contributed by atoms with Crippen LogP contribution in [0.2, 0.25) is 0 Å². The summed E-state index contributed by atoms with van der Waals surface area (Å²) in [6, 6.07) is 5.82. The van der Waals surface area contributed by atoms with Gasteiger partial charge in [0.25, 0.3) is 0 Å². The number of aromatic nitrogens is 3. The third kappa shape index (κ3) is 5.19. The molecule has 3 aromatic rings. The van der Waals surface area contributed by atoms with Gasteiger partial charge in [0.15, 0.2) is 8.68 Å². The third-order valence-electron chi connectivity index (χ3n) is 2.96. The Morgan fingerprint density at radius 2 is 2.19 bits per heavy atom. The van der Waals surface area contributed by atoms with Gasteiger partial charge in [-0.2, -0.15) is 0 Å². The molecule has 136 valence electrons. The summed E-state index contributed by atoms with van der Waals surface area (Å²) in [6.07, 6.45) is 1.80. The largest absolute Gasteiger partial charge is 0.494 e. The SMILES string of the molecule is C=CCSc1nnc(NC(=O)CSc2nc3ccc(OCC)cc3s2)s1. The maximum atomic E-state index is 12.1. The predicted octanol–water partition coefficient (Wildman–Crippen LogP) is 4.56. The van der Waals surface area contributed by atoms with Crippen LogP contribution in [0, 0.1) is 0 Å². The first-order valence-corrected chi connectivity index (χ1v) is 11.3. The summed E-state index contributed by atoms with van der Waals surface area (Å²) in [5, 5.41) is 11.3. The minimum absolute atomic E-state index is 0.124. The van der Waals surface area contributed by atoms with Crippen LogP contribution in [0.5, 0.6) is 5.75 Å². The summed E-state index contributed by atoms with van der Waals surface area (Å²) in [5.41, 5.74) is 0.911. The van der Waals surface area contributed by atoms with Gasteiger partial charge in [-0.05, 0) is 25.1 Å². The molecule has 1 aromatic carbocycles. The highest BCUT2D eigenvalue weighted by atomic mass is 32.2. The normalized spacial score (nSPS) is 10.8. The standard InChI is InChI=1S/C16H16N4O2S4/c1-3-7-23-16-20-19-14(26-16)18-13(21)9-24-15-17-11-6-5-10(22-4-2)8-12(11)25-15/h3,5-6,8H,1,4,7,9H2,2H3,(H,18,19,21). The van der Waals surface area contributed by atoms with E-state index in [-0.39, 0.29) is 11.7 Å². The number of carbonyl (C=O) groups is 1. The average Bonchev–Trinajstić information content (AvgIpc) is 3.24. The average molecular weight is 425 g/mol. The maximum Gasteiger partial charge on any atom is 0.236 e. The highest BCUT2D eigenvalue weighted by Crippen LogP contribution is 2.32.